The molecule has 1 aromatic heterocycles. The number of phenols is 1. The number of aryl methyl sites for hydroxylation is 1. The Morgan fingerprint density at radius 1 is 1.19 bits per heavy atom. The second-order valence-electron chi connectivity index (χ2n) is 6.97. The van der Waals surface area contributed by atoms with Gasteiger partial charge in [0.15, 0.2) is 18.1 Å². The first kappa shape index (κ1) is 20.6. The van der Waals surface area contributed by atoms with Crippen molar-refractivity contribution in [2.45, 2.75) is 40.7 Å². The maximum atomic E-state index is 12.5. The molecule has 27 heavy (non-hydrogen) atoms. The van der Waals surface area contributed by atoms with Crippen LogP contribution in [-0.2, 0) is 11.3 Å². The minimum absolute atomic E-state index is 0.0374. The van der Waals surface area contributed by atoms with Gasteiger partial charge in [-0.25, -0.2) is 4.79 Å². The second kappa shape index (κ2) is 8.75. The van der Waals surface area contributed by atoms with Gasteiger partial charge in [-0.2, -0.15) is 0 Å². The van der Waals surface area contributed by atoms with Crippen molar-refractivity contribution in [1.29, 1.82) is 0 Å². The first-order valence-electron chi connectivity index (χ1n) is 8.99. The van der Waals surface area contributed by atoms with Gasteiger partial charge in [0.1, 0.15) is 5.56 Å². The van der Waals surface area contributed by atoms with Crippen molar-refractivity contribution >= 4 is 11.8 Å². The van der Waals surface area contributed by atoms with E-state index >= 15 is 0 Å². The summed E-state index contributed by atoms with van der Waals surface area (Å²) >= 11 is 0. The van der Waals surface area contributed by atoms with E-state index in [2.05, 4.69) is 18.4 Å². The van der Waals surface area contributed by atoms with E-state index in [0.29, 0.717) is 11.5 Å². The molecule has 0 aliphatic carbocycles. The lowest BCUT2D eigenvalue weighted by atomic mass is 10.1. The molecule has 0 aliphatic rings. The van der Waals surface area contributed by atoms with Crippen LogP contribution in [0.3, 0.4) is 0 Å². The molecule has 0 radical (unpaired) electrons. The van der Waals surface area contributed by atoms with E-state index in [1.807, 2.05) is 19.9 Å². The van der Waals surface area contributed by atoms with Gasteiger partial charge in [-0.1, -0.05) is 19.9 Å². The number of ketones is 1. The van der Waals surface area contributed by atoms with Crippen LogP contribution in [0.15, 0.2) is 24.3 Å². The average Bonchev–Trinajstić information content (AvgIpc) is 2.91. The van der Waals surface area contributed by atoms with Gasteiger partial charge in [-0.05, 0) is 44.4 Å². The average molecular weight is 373 g/mol. The van der Waals surface area contributed by atoms with Crippen LogP contribution in [-0.4, -0.2) is 35.1 Å². The van der Waals surface area contributed by atoms with Gasteiger partial charge in [0.25, 0.3) is 0 Å². The van der Waals surface area contributed by atoms with Crippen molar-refractivity contribution in [3.63, 3.8) is 0 Å². The van der Waals surface area contributed by atoms with Crippen molar-refractivity contribution in [3.8, 4) is 11.5 Å². The predicted octanol–water partition coefficient (Wildman–Crippen LogP) is 3.90. The van der Waals surface area contributed by atoms with Crippen LogP contribution in [0.25, 0.3) is 0 Å². The number of rotatable bonds is 8. The summed E-state index contributed by atoms with van der Waals surface area (Å²) in [4.78, 5) is 24.7. The summed E-state index contributed by atoms with van der Waals surface area (Å²) in [5.41, 5.74) is 2.40. The van der Waals surface area contributed by atoms with Crippen LogP contribution in [0.2, 0.25) is 0 Å². The van der Waals surface area contributed by atoms with Crippen molar-refractivity contribution < 1.29 is 24.2 Å². The van der Waals surface area contributed by atoms with E-state index in [1.54, 1.807) is 6.07 Å². The lowest BCUT2D eigenvalue weighted by Crippen LogP contribution is -2.15. The molecule has 6 heteroatoms. The summed E-state index contributed by atoms with van der Waals surface area (Å²) in [7, 11) is 1.39. The molecule has 0 amide bonds. The third kappa shape index (κ3) is 4.70. The molecule has 0 atom stereocenters. The van der Waals surface area contributed by atoms with Gasteiger partial charge in [-0.3, -0.25) is 4.79 Å². The fraction of sp³-hybridized carbons (Fsp3) is 0.429. The maximum Gasteiger partial charge on any atom is 0.342 e. The van der Waals surface area contributed by atoms with Crippen LogP contribution in [0.4, 0.5) is 0 Å². The molecule has 1 heterocycles. The zero-order chi connectivity index (χ0) is 20.1. The van der Waals surface area contributed by atoms with Gasteiger partial charge >= 0.3 is 5.97 Å². The molecule has 2 aromatic rings. The SMILES string of the molecule is COc1cccc(C(=O)OCC(=O)c2cc(C)n(CCC(C)C)c2C)c1O. The highest BCUT2D eigenvalue weighted by molar-refractivity contribution is 6.01. The van der Waals surface area contributed by atoms with E-state index in [1.165, 1.54) is 19.2 Å². The maximum absolute atomic E-state index is 12.5. The standard InChI is InChI=1S/C21H27NO5/c1-13(2)9-10-22-14(3)11-17(15(22)4)18(23)12-27-21(25)16-7-6-8-19(26-5)20(16)24/h6-8,11,13,24H,9-10,12H2,1-5H3. The number of hydrogen-bond donors (Lipinski definition) is 1. The topological polar surface area (TPSA) is 77.8 Å². The van der Waals surface area contributed by atoms with E-state index in [0.717, 1.165) is 24.4 Å². The number of carbonyl (C=O) groups excluding carboxylic acids is 2. The van der Waals surface area contributed by atoms with E-state index in [-0.39, 0.29) is 29.5 Å². The molecule has 146 valence electrons. The summed E-state index contributed by atoms with van der Waals surface area (Å²) in [6, 6.07) is 6.35. The number of methoxy groups -OCH3 is 1. The van der Waals surface area contributed by atoms with Crippen molar-refractivity contribution in [3.05, 3.63) is 46.8 Å². The predicted molar refractivity (Wildman–Crippen MR) is 103 cm³/mol. The minimum Gasteiger partial charge on any atom is -0.504 e. The van der Waals surface area contributed by atoms with Crippen molar-refractivity contribution in [2.24, 2.45) is 5.92 Å². The zero-order valence-electron chi connectivity index (χ0n) is 16.5. The number of hydrogen-bond acceptors (Lipinski definition) is 5. The Bertz CT molecular complexity index is 835. The number of nitrogens with zero attached hydrogens (tertiary/aromatic N) is 1. The Hall–Kier alpha value is -2.76. The molecule has 0 saturated carbocycles. The normalized spacial score (nSPS) is 10.9. The smallest absolute Gasteiger partial charge is 0.342 e. The van der Waals surface area contributed by atoms with Gasteiger partial charge in [0, 0.05) is 23.5 Å². The monoisotopic (exact) mass is 373 g/mol. The van der Waals surface area contributed by atoms with Crippen molar-refractivity contribution in [1.82, 2.24) is 4.57 Å². The third-order valence-corrected chi connectivity index (χ3v) is 4.58. The minimum atomic E-state index is -0.770. The molecule has 0 unspecified atom stereocenters. The summed E-state index contributed by atoms with van der Waals surface area (Å²) in [5, 5.41) is 10.0. The highest BCUT2D eigenvalue weighted by Gasteiger charge is 2.20. The number of esters is 1. The Labute approximate surface area is 159 Å². The number of Topliss-reactive ketones (excluding diaryl/α,β-unsaturated/α-hetero) is 1. The molecule has 0 spiro atoms. The summed E-state index contributed by atoms with van der Waals surface area (Å²) < 4.78 is 12.2. The highest BCUT2D eigenvalue weighted by Crippen LogP contribution is 2.29. The Morgan fingerprint density at radius 2 is 1.89 bits per heavy atom. The number of para-hydroxylation sites is 1. The molecular weight excluding hydrogens is 346 g/mol. The largest absolute Gasteiger partial charge is 0.504 e. The lowest BCUT2D eigenvalue weighted by molar-refractivity contribution is 0.0471. The van der Waals surface area contributed by atoms with E-state index < -0.39 is 5.97 Å². The summed E-state index contributed by atoms with van der Waals surface area (Å²) in [6.07, 6.45) is 1.02. The zero-order valence-corrected chi connectivity index (χ0v) is 16.5. The Morgan fingerprint density at radius 3 is 2.52 bits per heavy atom. The molecule has 1 aromatic carbocycles. The number of ether oxygens (including phenoxy) is 2. The third-order valence-electron chi connectivity index (χ3n) is 4.58. The molecule has 0 aliphatic heterocycles. The first-order valence-corrected chi connectivity index (χ1v) is 8.99. The Balaban J connectivity index is 2.08. The fourth-order valence-electron chi connectivity index (χ4n) is 2.95. The molecule has 0 fully saturated rings. The van der Waals surface area contributed by atoms with Gasteiger partial charge in [0.2, 0.25) is 5.78 Å². The molecule has 2 rings (SSSR count). The molecule has 0 saturated heterocycles. The number of benzene rings is 1. The summed E-state index contributed by atoms with van der Waals surface area (Å²) in [6.45, 7) is 8.64. The van der Waals surface area contributed by atoms with Crippen molar-refractivity contribution in [2.75, 3.05) is 13.7 Å². The molecule has 6 nitrogen and oxygen atoms in total. The number of aromatic nitrogens is 1. The van der Waals surface area contributed by atoms with Gasteiger partial charge in [-0.15, -0.1) is 0 Å². The second-order valence-corrected chi connectivity index (χ2v) is 6.97. The Kier molecular flexibility index (Phi) is 6.66. The summed E-state index contributed by atoms with van der Waals surface area (Å²) in [5.74, 6) is -0.598. The van der Waals surface area contributed by atoms with Crippen LogP contribution in [0, 0.1) is 19.8 Å². The number of carbonyl (C=O) groups is 2. The quantitative estimate of drug-likeness (QED) is 0.561. The van der Waals surface area contributed by atoms with Crippen LogP contribution < -0.4 is 4.74 Å². The lowest BCUT2D eigenvalue weighted by Gasteiger charge is -2.11. The number of aromatic hydroxyl groups is 1. The van der Waals surface area contributed by atoms with E-state index in [4.69, 9.17) is 9.47 Å². The van der Waals surface area contributed by atoms with Crippen LogP contribution >= 0.6 is 0 Å². The number of phenolic OH excluding ortho intramolecular Hbond substituents is 1. The van der Waals surface area contributed by atoms with E-state index in [9.17, 15) is 14.7 Å². The first-order chi connectivity index (χ1) is 12.8. The van der Waals surface area contributed by atoms with Crippen LogP contribution in [0.5, 0.6) is 11.5 Å². The highest BCUT2D eigenvalue weighted by atomic mass is 16.5. The molecular formula is C21H27NO5. The molecule has 0 bridgehead atoms. The van der Waals surface area contributed by atoms with Crippen LogP contribution in [0.1, 0.15) is 52.4 Å². The fourth-order valence-corrected chi connectivity index (χ4v) is 2.95. The van der Waals surface area contributed by atoms with Gasteiger partial charge in [0.05, 0.1) is 7.11 Å². The molecule has 1 N–H and O–H groups in total. The van der Waals surface area contributed by atoms with Gasteiger partial charge < -0.3 is 19.1 Å².